The molecule has 0 saturated heterocycles. The second-order valence-corrected chi connectivity index (χ2v) is 1.37. The zero-order chi connectivity index (χ0) is 5.11. The molecular weight excluding hydrogens is 126 g/mol. The summed E-state index contributed by atoms with van der Waals surface area (Å²) in [7, 11) is 0. The van der Waals surface area contributed by atoms with Crippen LogP contribution in [0.5, 0.6) is 0 Å². The van der Waals surface area contributed by atoms with Gasteiger partial charge in [0.2, 0.25) is 12.7 Å². The lowest BCUT2D eigenvalue weighted by molar-refractivity contribution is -0.469. The third kappa shape index (κ3) is 1.89. The maximum atomic E-state index is 10.2. The Kier molecular flexibility index (Phi) is 3.12. The third-order valence-electron chi connectivity index (χ3n) is 0.785. The molecule has 0 unspecified atom stereocenters. The summed E-state index contributed by atoms with van der Waals surface area (Å²) in [4.78, 5) is 10.2. The first kappa shape index (κ1) is 7.37. The molecule has 1 heterocycles. The molecule has 1 aliphatic rings. The third-order valence-corrected chi connectivity index (χ3v) is 0.785. The highest BCUT2D eigenvalue weighted by atomic mass is 35.5. The number of halogens is 1. The van der Waals surface area contributed by atoms with E-state index in [2.05, 4.69) is 0 Å². The van der Waals surface area contributed by atoms with E-state index in [4.69, 9.17) is 0 Å². The minimum Gasteiger partial charge on any atom is -0.147 e. The van der Waals surface area contributed by atoms with E-state index in [1.807, 2.05) is 12.2 Å². The van der Waals surface area contributed by atoms with E-state index in [0.29, 0.717) is 6.54 Å². The molecule has 0 radical (unpaired) electrons. The predicted molar refractivity (Wildman–Crippen MR) is 34.0 cm³/mol. The van der Waals surface area contributed by atoms with Crippen LogP contribution in [0.2, 0.25) is 0 Å². The molecule has 3 heteroatoms. The van der Waals surface area contributed by atoms with Gasteiger partial charge >= 0.3 is 0 Å². The van der Waals surface area contributed by atoms with Crippen molar-refractivity contribution < 1.29 is 4.76 Å². The summed E-state index contributed by atoms with van der Waals surface area (Å²) in [6, 6.07) is 0. The zero-order valence-electron chi connectivity index (χ0n) is 4.28. The van der Waals surface area contributed by atoms with E-state index < -0.39 is 0 Å². The number of rotatable bonds is 0. The number of hydrogen-bond donors (Lipinski definition) is 0. The summed E-state index contributed by atoms with van der Waals surface area (Å²) in [6.07, 6.45) is 6.89. The molecule has 0 bridgehead atoms. The van der Waals surface area contributed by atoms with Crippen molar-refractivity contribution in [2.45, 2.75) is 0 Å². The number of hydrogen-bond acceptors (Lipinski definition) is 1. The Morgan fingerprint density at radius 3 is 2.38 bits per heavy atom. The van der Waals surface area contributed by atoms with Gasteiger partial charge in [-0.2, -0.15) is 0 Å². The van der Waals surface area contributed by atoms with Crippen molar-refractivity contribution in [3.63, 3.8) is 0 Å². The smallest absolute Gasteiger partial charge is 0.147 e. The Morgan fingerprint density at radius 2 is 2.12 bits per heavy atom. The van der Waals surface area contributed by atoms with Gasteiger partial charge in [-0.15, -0.1) is 12.4 Å². The molecule has 0 aliphatic carbocycles. The summed E-state index contributed by atoms with van der Waals surface area (Å²) in [6.45, 7) is 0.497. The number of nitroso groups, excluding NO2 is 1. The first-order chi connectivity index (χ1) is 3.39. The van der Waals surface area contributed by atoms with Gasteiger partial charge in [0, 0.05) is 15.7 Å². The van der Waals surface area contributed by atoms with Crippen LogP contribution in [-0.4, -0.2) is 11.3 Å². The first-order valence-electron chi connectivity index (χ1n) is 2.17. The van der Waals surface area contributed by atoms with Gasteiger partial charge < -0.3 is 0 Å². The predicted octanol–water partition coefficient (Wildman–Crippen LogP) is 1.27. The van der Waals surface area contributed by atoms with E-state index in [-0.39, 0.29) is 12.4 Å². The molecule has 0 aromatic heterocycles. The van der Waals surface area contributed by atoms with Gasteiger partial charge in [0.25, 0.3) is 0 Å². The highest BCUT2D eigenvalue weighted by Crippen LogP contribution is 1.87. The van der Waals surface area contributed by atoms with Gasteiger partial charge in [0.05, 0.1) is 0 Å². The van der Waals surface area contributed by atoms with Crippen LogP contribution in [0.3, 0.4) is 0 Å². The molecule has 0 N–H and O–H groups in total. The lowest BCUT2D eigenvalue weighted by atomic mass is 10.4. The molecule has 44 valence electrons. The van der Waals surface area contributed by atoms with E-state index >= 15 is 0 Å². The second-order valence-electron chi connectivity index (χ2n) is 1.37. The highest BCUT2D eigenvalue weighted by Gasteiger charge is 1.99. The molecule has 0 fully saturated rings. The summed E-state index contributed by atoms with van der Waals surface area (Å²) < 4.78 is 0.875. The minimum atomic E-state index is 0. The fourth-order valence-electron chi connectivity index (χ4n) is 0.450. The quantitative estimate of drug-likeness (QED) is 0.455. The summed E-state index contributed by atoms with van der Waals surface area (Å²) in [5.74, 6) is 0. The summed E-state index contributed by atoms with van der Waals surface area (Å²) >= 11 is 0. The van der Waals surface area contributed by atoms with Crippen LogP contribution < -0.4 is 0 Å². The largest absolute Gasteiger partial charge is 0.221 e. The molecule has 0 atom stereocenters. The number of allylic oxidation sites excluding steroid dienone is 2. The minimum absolute atomic E-state index is 0. The van der Waals surface area contributed by atoms with Crippen molar-refractivity contribution in [1.82, 2.24) is 0 Å². The van der Waals surface area contributed by atoms with E-state index in [0.717, 1.165) is 4.76 Å². The Labute approximate surface area is 53.9 Å². The van der Waals surface area contributed by atoms with E-state index in [1.165, 1.54) is 6.20 Å². The summed E-state index contributed by atoms with van der Waals surface area (Å²) in [5, 5.41) is 0. The van der Waals surface area contributed by atoms with Crippen molar-refractivity contribution in [1.29, 1.82) is 0 Å². The van der Waals surface area contributed by atoms with Crippen LogP contribution in [0.1, 0.15) is 0 Å². The van der Waals surface area contributed by atoms with E-state index in [9.17, 15) is 4.91 Å². The van der Waals surface area contributed by atoms with Crippen molar-refractivity contribution in [2.24, 2.45) is 0 Å². The maximum absolute atomic E-state index is 10.2. The first-order valence-corrected chi connectivity index (χ1v) is 2.17. The molecule has 1 aliphatic heterocycles. The Bertz CT molecular complexity index is 139. The van der Waals surface area contributed by atoms with Crippen molar-refractivity contribution in [2.75, 3.05) is 6.54 Å². The van der Waals surface area contributed by atoms with Gasteiger partial charge in [-0.05, 0) is 6.08 Å². The van der Waals surface area contributed by atoms with Crippen LogP contribution in [0.4, 0.5) is 0 Å². The Balaban J connectivity index is 0.000000490. The van der Waals surface area contributed by atoms with Crippen LogP contribution in [0.25, 0.3) is 0 Å². The van der Waals surface area contributed by atoms with Crippen LogP contribution in [0, 0.1) is 4.91 Å². The van der Waals surface area contributed by atoms with Crippen molar-refractivity contribution >= 4 is 12.4 Å². The van der Waals surface area contributed by atoms with Crippen molar-refractivity contribution in [3.05, 3.63) is 29.3 Å². The molecule has 0 aromatic rings. The molecule has 0 saturated carbocycles. The maximum Gasteiger partial charge on any atom is 0.221 e. The van der Waals surface area contributed by atoms with Gasteiger partial charge in [-0.25, -0.2) is 0 Å². The lowest BCUT2D eigenvalue weighted by Gasteiger charge is -1.81. The lowest BCUT2D eigenvalue weighted by Crippen LogP contribution is -1.99. The monoisotopic (exact) mass is 132 g/mol. The second kappa shape index (κ2) is 3.38. The van der Waals surface area contributed by atoms with Gasteiger partial charge in [-0.3, -0.25) is 0 Å². The fraction of sp³-hybridized carbons (Fsp3) is 0.200. The van der Waals surface area contributed by atoms with E-state index in [1.54, 1.807) is 6.08 Å². The van der Waals surface area contributed by atoms with Crippen LogP contribution in [-0.2, 0) is 0 Å². The Morgan fingerprint density at radius 1 is 1.38 bits per heavy atom. The molecule has 8 heavy (non-hydrogen) atoms. The molecular formula is C5H7ClNO+. The van der Waals surface area contributed by atoms with Crippen LogP contribution >= 0.6 is 12.4 Å². The van der Waals surface area contributed by atoms with Gasteiger partial charge in [0.15, 0.2) is 0 Å². The summed E-state index contributed by atoms with van der Waals surface area (Å²) in [5.41, 5.74) is 0. The fourth-order valence-corrected chi connectivity index (χ4v) is 0.450. The van der Waals surface area contributed by atoms with Crippen LogP contribution in [0.15, 0.2) is 24.4 Å². The molecule has 1 rings (SSSR count). The highest BCUT2D eigenvalue weighted by molar-refractivity contribution is 5.85. The molecule has 2 nitrogen and oxygen atoms in total. The molecule has 0 aromatic carbocycles. The van der Waals surface area contributed by atoms with Gasteiger partial charge in [0.1, 0.15) is 0 Å². The topological polar surface area (TPSA) is 20.1 Å². The number of nitrogens with zero attached hydrogens (tertiary/aromatic N) is 1. The SMILES string of the molecule is Cl.O=[N+]1C=CC=CC1. The van der Waals surface area contributed by atoms with Crippen molar-refractivity contribution in [3.8, 4) is 0 Å². The standard InChI is InChI=1S/C5H6NO.ClH/c7-6-4-2-1-3-5-6;/h1-4H,5H2;1H/q+1;. The molecule has 0 spiro atoms. The normalized spacial score (nSPS) is 15.8. The average molecular weight is 133 g/mol. The average Bonchev–Trinajstić information content (AvgIpc) is 1.69. The van der Waals surface area contributed by atoms with Gasteiger partial charge in [-0.1, -0.05) is 6.08 Å². The zero-order valence-corrected chi connectivity index (χ0v) is 5.10. The molecule has 0 amide bonds. The Hall–Kier alpha value is -0.630.